The fourth-order valence-corrected chi connectivity index (χ4v) is 10.1. The van der Waals surface area contributed by atoms with Crippen LogP contribution < -0.4 is 4.90 Å². The molecule has 9 aromatic rings. The van der Waals surface area contributed by atoms with Crippen LogP contribution in [0.5, 0.6) is 0 Å². The molecule has 6 nitrogen and oxygen atoms in total. The third-order valence-electron chi connectivity index (χ3n) is 13.4. The highest BCUT2D eigenvalue weighted by Crippen LogP contribution is 2.45. The molecule has 0 atom stereocenters. The molecular weight excluding hydrogens is 795 g/mol. The number of hydrogen-bond donors (Lipinski definition) is 0. The molecule has 6 aromatic carbocycles. The molecule has 0 saturated heterocycles. The van der Waals surface area contributed by atoms with E-state index in [0.717, 1.165) is 79.3 Å². The van der Waals surface area contributed by atoms with E-state index >= 15 is 0 Å². The number of allylic oxidation sites excluding steroid dienone is 6. The molecule has 0 saturated carbocycles. The molecule has 2 aliphatic rings. The highest BCUT2D eigenvalue weighted by molar-refractivity contribution is 6.24. The van der Waals surface area contributed by atoms with Crippen molar-refractivity contribution in [3.63, 3.8) is 0 Å². The highest BCUT2D eigenvalue weighted by Gasteiger charge is 2.28. The van der Waals surface area contributed by atoms with Gasteiger partial charge in [-0.05, 0) is 108 Å². The average Bonchev–Trinajstić information content (AvgIpc) is 3.92. The van der Waals surface area contributed by atoms with E-state index in [1.807, 2.05) is 18.2 Å². The topological polar surface area (TPSA) is 73.8 Å². The fourth-order valence-electron chi connectivity index (χ4n) is 10.1. The van der Waals surface area contributed by atoms with Gasteiger partial charge in [0.15, 0.2) is 0 Å². The van der Waals surface area contributed by atoms with Gasteiger partial charge in [0.1, 0.15) is 17.2 Å². The van der Waals surface area contributed by atoms with Gasteiger partial charge in [-0.25, -0.2) is 0 Å². The minimum atomic E-state index is -0.0345. The molecule has 0 N–H and O–H groups in total. The zero-order valence-electron chi connectivity index (χ0n) is 37.7. The number of furan rings is 1. The smallest absolute Gasteiger partial charge is 0.145 e. The molecule has 0 bridgehead atoms. The summed E-state index contributed by atoms with van der Waals surface area (Å²) in [5.74, 6) is 0. The van der Waals surface area contributed by atoms with Gasteiger partial charge in [0.05, 0.1) is 50.5 Å². The molecular formula is C59H49N5O. The Kier molecular flexibility index (Phi) is 9.17. The van der Waals surface area contributed by atoms with Gasteiger partial charge in [-0.1, -0.05) is 120 Å². The lowest BCUT2D eigenvalue weighted by Crippen LogP contribution is -2.19. The van der Waals surface area contributed by atoms with Crippen LogP contribution in [-0.4, -0.2) is 9.13 Å². The third kappa shape index (κ3) is 6.43. The molecule has 2 aliphatic carbocycles. The summed E-state index contributed by atoms with van der Waals surface area (Å²) in [5, 5.41) is 27.7. The van der Waals surface area contributed by atoms with E-state index in [4.69, 9.17) is 4.42 Å². The Labute approximate surface area is 379 Å². The summed E-state index contributed by atoms with van der Waals surface area (Å²) in [4.78, 5) is 2.14. The predicted octanol–water partition coefficient (Wildman–Crippen LogP) is 15.5. The standard InChI is InChI=1S/C59H49N5O/c1-58(2,3)39-20-24-41(25-21-39)62(42-26-22-40(23-27-42)59(4,5)6)54-33-38(36-61)49(30-19-37(54)35-60)64-52-31-28-43(63-50-16-10-7-13-44(50)45-14-8-11-17-51(45)63)34-48(52)56-53(64)32-29-47-46-15-9-12-18-55(46)65-57(47)56/h7-10,12-16,18,20-34H,11,17,19H2,1-6H3. The maximum Gasteiger partial charge on any atom is 0.145 e. The summed E-state index contributed by atoms with van der Waals surface area (Å²) in [6.45, 7) is 13.3. The van der Waals surface area contributed by atoms with Crippen LogP contribution in [0.3, 0.4) is 0 Å². The van der Waals surface area contributed by atoms with Gasteiger partial charge in [0.25, 0.3) is 0 Å². The molecule has 0 amide bonds. The van der Waals surface area contributed by atoms with Crippen molar-refractivity contribution in [3.05, 3.63) is 185 Å². The molecule has 316 valence electrons. The van der Waals surface area contributed by atoms with Crippen LogP contribution in [0.4, 0.5) is 11.4 Å². The SMILES string of the molecule is CC(C)(C)c1ccc(N(C2=C(C#N)CC=C(n3c4ccc(-n5c6c(c7ccccc75)C=CCC6)cc4c4c5oc6ccccc6c5ccc43)C(C#N)=C2)c2ccc(C(C)(C)C)cc2)cc1. The monoisotopic (exact) mass is 843 g/mol. The Balaban J connectivity index is 1.14. The molecule has 3 aromatic heterocycles. The fraction of sp³-hybridized carbons (Fsp3) is 0.186. The predicted molar refractivity (Wildman–Crippen MR) is 269 cm³/mol. The summed E-state index contributed by atoms with van der Waals surface area (Å²) in [6.07, 6.45) is 10.8. The summed E-state index contributed by atoms with van der Waals surface area (Å²) in [6, 6.07) is 50.3. The van der Waals surface area contributed by atoms with E-state index < -0.39 is 0 Å². The minimum absolute atomic E-state index is 0.0345. The van der Waals surface area contributed by atoms with Crippen LogP contribution in [0.2, 0.25) is 0 Å². The second-order valence-electron chi connectivity index (χ2n) is 19.5. The van der Waals surface area contributed by atoms with E-state index in [-0.39, 0.29) is 10.8 Å². The molecule has 0 radical (unpaired) electrons. The van der Waals surface area contributed by atoms with Crippen molar-refractivity contribution in [2.24, 2.45) is 0 Å². The van der Waals surface area contributed by atoms with E-state index in [2.05, 4.69) is 201 Å². The van der Waals surface area contributed by atoms with Crippen LogP contribution in [0, 0.1) is 22.7 Å². The van der Waals surface area contributed by atoms with E-state index in [1.165, 1.54) is 33.3 Å². The first kappa shape index (κ1) is 40.0. The average molecular weight is 844 g/mol. The number of nitrogens with zero attached hydrogens (tertiary/aromatic N) is 5. The Morgan fingerprint density at radius 1 is 0.631 bits per heavy atom. The Morgan fingerprint density at radius 3 is 1.95 bits per heavy atom. The Hall–Kier alpha value is -7.80. The molecule has 65 heavy (non-hydrogen) atoms. The lowest BCUT2D eigenvalue weighted by Gasteiger charge is -2.29. The van der Waals surface area contributed by atoms with Crippen molar-refractivity contribution in [1.29, 1.82) is 10.5 Å². The molecule has 11 rings (SSSR count). The van der Waals surface area contributed by atoms with Gasteiger partial charge in [-0.3, -0.25) is 0 Å². The van der Waals surface area contributed by atoms with Crippen LogP contribution in [0.25, 0.3) is 72.1 Å². The quantitative estimate of drug-likeness (QED) is 0.173. The number of hydrogen-bond acceptors (Lipinski definition) is 4. The van der Waals surface area contributed by atoms with Gasteiger partial charge in [-0.15, -0.1) is 0 Å². The second-order valence-corrected chi connectivity index (χ2v) is 19.5. The molecule has 0 fully saturated rings. The largest absolute Gasteiger partial charge is 0.455 e. The lowest BCUT2D eigenvalue weighted by atomic mass is 9.86. The Morgan fingerprint density at radius 2 is 1.28 bits per heavy atom. The lowest BCUT2D eigenvalue weighted by molar-refractivity contribution is 0.590. The number of para-hydroxylation sites is 2. The maximum absolute atomic E-state index is 11.3. The number of anilines is 2. The first-order chi connectivity index (χ1) is 31.4. The number of fused-ring (bicyclic) bond motifs is 10. The summed E-state index contributed by atoms with van der Waals surface area (Å²) >= 11 is 0. The van der Waals surface area contributed by atoms with Crippen LogP contribution >= 0.6 is 0 Å². The van der Waals surface area contributed by atoms with Crippen molar-refractivity contribution in [2.45, 2.75) is 71.6 Å². The minimum Gasteiger partial charge on any atom is -0.455 e. The van der Waals surface area contributed by atoms with Gasteiger partial charge in [-0.2, -0.15) is 10.5 Å². The number of nitriles is 2. The normalized spacial score (nSPS) is 14.5. The first-order valence-corrected chi connectivity index (χ1v) is 22.6. The number of benzene rings is 6. The summed E-state index contributed by atoms with van der Waals surface area (Å²) in [5.41, 5.74) is 14.9. The van der Waals surface area contributed by atoms with Gasteiger partial charge in [0.2, 0.25) is 0 Å². The van der Waals surface area contributed by atoms with Crippen molar-refractivity contribution in [3.8, 4) is 17.8 Å². The third-order valence-corrected chi connectivity index (χ3v) is 13.4. The van der Waals surface area contributed by atoms with Crippen LogP contribution in [0.15, 0.2) is 167 Å². The van der Waals surface area contributed by atoms with E-state index in [1.54, 1.807) is 0 Å². The highest BCUT2D eigenvalue weighted by atomic mass is 16.3. The molecule has 3 heterocycles. The Bertz CT molecular complexity index is 3590. The molecule has 0 aliphatic heterocycles. The maximum atomic E-state index is 11.3. The molecule has 0 spiro atoms. The van der Waals surface area contributed by atoms with Gasteiger partial charge in [0, 0.05) is 56.3 Å². The van der Waals surface area contributed by atoms with Gasteiger partial charge < -0.3 is 18.5 Å². The zero-order chi connectivity index (χ0) is 44.8. The summed E-state index contributed by atoms with van der Waals surface area (Å²) < 4.78 is 11.4. The van der Waals surface area contributed by atoms with Crippen LogP contribution in [-0.2, 0) is 17.3 Å². The van der Waals surface area contributed by atoms with Crippen molar-refractivity contribution in [2.75, 3.05) is 4.90 Å². The zero-order valence-corrected chi connectivity index (χ0v) is 37.7. The number of aromatic nitrogens is 2. The van der Waals surface area contributed by atoms with Crippen molar-refractivity contribution < 1.29 is 4.42 Å². The van der Waals surface area contributed by atoms with Crippen molar-refractivity contribution >= 4 is 77.8 Å². The first-order valence-electron chi connectivity index (χ1n) is 22.6. The molecule has 6 heteroatoms. The van der Waals surface area contributed by atoms with E-state index in [0.29, 0.717) is 23.3 Å². The summed E-state index contributed by atoms with van der Waals surface area (Å²) in [7, 11) is 0. The number of rotatable bonds is 5. The second kappa shape index (κ2) is 14.9. The van der Waals surface area contributed by atoms with Crippen LogP contribution in [0.1, 0.15) is 76.8 Å². The van der Waals surface area contributed by atoms with Gasteiger partial charge >= 0.3 is 0 Å². The van der Waals surface area contributed by atoms with Crippen molar-refractivity contribution in [1.82, 2.24) is 9.13 Å². The van der Waals surface area contributed by atoms with E-state index in [9.17, 15) is 10.5 Å². The molecule has 0 unspecified atom stereocenters.